The first-order chi connectivity index (χ1) is 16.2. The van der Waals surface area contributed by atoms with Gasteiger partial charge in [0.25, 0.3) is 5.69 Å². The van der Waals surface area contributed by atoms with Gasteiger partial charge in [-0.1, -0.05) is 40.2 Å². The van der Waals surface area contributed by atoms with Crippen molar-refractivity contribution in [3.63, 3.8) is 0 Å². The fourth-order valence-electron chi connectivity index (χ4n) is 3.50. The van der Waals surface area contributed by atoms with Crippen LogP contribution in [0.15, 0.2) is 71.2 Å². The number of carbonyl (C=O) groups is 2. The number of ketones is 1. The summed E-state index contributed by atoms with van der Waals surface area (Å²) < 4.78 is 6.09. The number of hydrogen-bond acceptors (Lipinski definition) is 6. The largest absolute Gasteiger partial charge is 0.454 e. The Kier molecular flexibility index (Phi) is 6.51. The van der Waals surface area contributed by atoms with Crippen LogP contribution in [0.3, 0.4) is 0 Å². The number of nitrogens with zero attached hydrogens (tertiary/aromatic N) is 2. The van der Waals surface area contributed by atoms with E-state index in [0.717, 1.165) is 27.2 Å². The number of nitro benzene ring substituents is 1. The Hall–Kier alpha value is -3.91. The molecule has 8 heteroatoms. The normalized spacial score (nSPS) is 10.8. The molecule has 1 aromatic heterocycles. The molecule has 0 aliphatic carbocycles. The summed E-state index contributed by atoms with van der Waals surface area (Å²) >= 11 is 3.42. The van der Waals surface area contributed by atoms with Crippen LogP contribution in [0.2, 0.25) is 0 Å². The number of pyridine rings is 1. The Bertz CT molecular complexity index is 1470. The molecule has 0 N–H and O–H groups in total. The minimum Gasteiger partial charge on any atom is -0.454 e. The Balaban J connectivity index is 1.66. The molecule has 4 aromatic rings. The summed E-state index contributed by atoms with van der Waals surface area (Å²) in [4.78, 5) is 40.7. The Morgan fingerprint density at radius 3 is 2.53 bits per heavy atom. The van der Waals surface area contributed by atoms with E-state index in [1.165, 1.54) is 18.2 Å². The maximum Gasteiger partial charge on any atom is 0.339 e. The van der Waals surface area contributed by atoms with Gasteiger partial charge in [0.2, 0.25) is 5.78 Å². The number of aromatic nitrogens is 1. The molecule has 0 atom stereocenters. The number of esters is 1. The van der Waals surface area contributed by atoms with Gasteiger partial charge < -0.3 is 4.74 Å². The van der Waals surface area contributed by atoms with Gasteiger partial charge in [0.05, 0.1) is 21.7 Å². The molecule has 0 aliphatic rings. The van der Waals surface area contributed by atoms with Gasteiger partial charge >= 0.3 is 5.97 Å². The Morgan fingerprint density at radius 2 is 1.79 bits per heavy atom. The second-order valence-corrected chi connectivity index (χ2v) is 8.74. The van der Waals surface area contributed by atoms with E-state index in [0.29, 0.717) is 16.6 Å². The van der Waals surface area contributed by atoms with E-state index in [2.05, 4.69) is 15.9 Å². The molecule has 0 spiro atoms. The molecule has 3 aromatic carbocycles. The number of carbonyl (C=O) groups excluding carboxylic acids is 2. The molecule has 34 heavy (non-hydrogen) atoms. The topological polar surface area (TPSA) is 99.4 Å². The maximum atomic E-state index is 13.1. The lowest BCUT2D eigenvalue weighted by Gasteiger charge is -2.11. The van der Waals surface area contributed by atoms with Gasteiger partial charge in [-0.05, 0) is 55.3 Å². The molecule has 7 nitrogen and oxygen atoms in total. The first-order valence-electron chi connectivity index (χ1n) is 10.4. The van der Waals surface area contributed by atoms with Crippen molar-refractivity contribution in [3.05, 3.63) is 104 Å². The molecular formula is C26H19BrN2O5. The fourth-order valence-corrected chi connectivity index (χ4v) is 3.86. The van der Waals surface area contributed by atoms with Crippen molar-refractivity contribution < 1.29 is 19.2 Å². The first kappa shape index (κ1) is 23.3. The summed E-state index contributed by atoms with van der Waals surface area (Å²) in [6.45, 7) is 3.48. The standard InChI is InChI=1S/C26H19BrN2O5/c1-15-6-7-17(10-16(15)2)24-13-22(21-12-19(27)8-9-23(21)28-24)26(31)34-14-25(30)18-4-3-5-20(11-18)29(32)33/h3-13H,14H2,1-2H3. The number of Topliss-reactive ketones (excluding diaryl/α,β-unsaturated/α-hetero) is 1. The van der Waals surface area contributed by atoms with Crippen LogP contribution in [0.4, 0.5) is 5.69 Å². The van der Waals surface area contributed by atoms with Gasteiger partial charge in [-0.15, -0.1) is 0 Å². The van der Waals surface area contributed by atoms with E-state index < -0.39 is 23.3 Å². The summed E-state index contributed by atoms with van der Waals surface area (Å²) in [5.41, 5.74) is 4.47. The van der Waals surface area contributed by atoms with Gasteiger partial charge in [0.15, 0.2) is 6.61 Å². The van der Waals surface area contributed by atoms with Crippen LogP contribution in [0.25, 0.3) is 22.2 Å². The highest BCUT2D eigenvalue weighted by Gasteiger charge is 2.19. The van der Waals surface area contributed by atoms with Crippen LogP contribution in [0, 0.1) is 24.0 Å². The molecule has 170 valence electrons. The monoisotopic (exact) mass is 518 g/mol. The molecule has 0 radical (unpaired) electrons. The van der Waals surface area contributed by atoms with Crippen LogP contribution in [-0.2, 0) is 4.74 Å². The number of ether oxygens (including phenoxy) is 1. The molecule has 0 amide bonds. The zero-order valence-electron chi connectivity index (χ0n) is 18.4. The van der Waals surface area contributed by atoms with Crippen molar-refractivity contribution in [2.45, 2.75) is 13.8 Å². The third kappa shape index (κ3) is 4.87. The number of halogens is 1. The van der Waals surface area contributed by atoms with Crippen molar-refractivity contribution in [2.75, 3.05) is 6.61 Å². The minimum atomic E-state index is -0.686. The zero-order chi connectivity index (χ0) is 24.4. The third-order valence-corrected chi connectivity index (χ3v) is 6.00. The number of benzene rings is 3. The molecule has 0 bridgehead atoms. The van der Waals surface area contributed by atoms with E-state index in [9.17, 15) is 19.7 Å². The number of nitro groups is 1. The quantitative estimate of drug-likeness (QED) is 0.130. The lowest BCUT2D eigenvalue weighted by molar-refractivity contribution is -0.384. The maximum absolute atomic E-state index is 13.1. The molecule has 0 fully saturated rings. The van der Waals surface area contributed by atoms with Gasteiger partial charge in [0, 0.05) is 33.1 Å². The van der Waals surface area contributed by atoms with Crippen molar-refractivity contribution >= 4 is 44.3 Å². The van der Waals surface area contributed by atoms with Gasteiger partial charge in [0.1, 0.15) is 0 Å². The van der Waals surface area contributed by atoms with Crippen LogP contribution < -0.4 is 0 Å². The van der Waals surface area contributed by atoms with Crippen LogP contribution in [0.1, 0.15) is 31.8 Å². The average molecular weight is 519 g/mol. The number of aryl methyl sites for hydroxylation is 2. The highest BCUT2D eigenvalue weighted by atomic mass is 79.9. The van der Waals surface area contributed by atoms with E-state index in [4.69, 9.17) is 9.72 Å². The summed E-state index contributed by atoms with van der Waals surface area (Å²) in [5.74, 6) is -1.22. The summed E-state index contributed by atoms with van der Waals surface area (Å²) in [6.07, 6.45) is 0. The van der Waals surface area contributed by atoms with Crippen LogP contribution in [-0.4, -0.2) is 28.3 Å². The lowest BCUT2D eigenvalue weighted by Crippen LogP contribution is -2.15. The smallest absolute Gasteiger partial charge is 0.339 e. The minimum absolute atomic E-state index is 0.0974. The van der Waals surface area contributed by atoms with Crippen molar-refractivity contribution in [1.29, 1.82) is 0 Å². The first-order valence-corrected chi connectivity index (χ1v) is 11.1. The summed E-state index contributed by atoms with van der Waals surface area (Å²) in [5, 5.41) is 11.5. The highest BCUT2D eigenvalue weighted by molar-refractivity contribution is 9.10. The summed E-state index contributed by atoms with van der Waals surface area (Å²) in [6, 6.07) is 18.3. The SMILES string of the molecule is Cc1ccc(-c2cc(C(=O)OCC(=O)c3cccc([N+](=O)[O-])c3)c3cc(Br)ccc3n2)cc1C. The van der Waals surface area contributed by atoms with Crippen molar-refractivity contribution in [1.82, 2.24) is 4.98 Å². The Labute approximate surface area is 203 Å². The molecule has 1 heterocycles. The highest BCUT2D eigenvalue weighted by Crippen LogP contribution is 2.29. The molecule has 0 saturated heterocycles. The van der Waals surface area contributed by atoms with Crippen molar-refractivity contribution in [2.24, 2.45) is 0 Å². The van der Waals surface area contributed by atoms with Gasteiger partial charge in [-0.3, -0.25) is 14.9 Å². The molecule has 4 rings (SSSR count). The second-order valence-electron chi connectivity index (χ2n) is 7.82. The van der Waals surface area contributed by atoms with Crippen LogP contribution in [0.5, 0.6) is 0 Å². The zero-order valence-corrected chi connectivity index (χ0v) is 20.0. The summed E-state index contributed by atoms with van der Waals surface area (Å²) in [7, 11) is 0. The van der Waals surface area contributed by atoms with E-state index in [1.807, 2.05) is 38.1 Å². The van der Waals surface area contributed by atoms with Crippen molar-refractivity contribution in [3.8, 4) is 11.3 Å². The van der Waals surface area contributed by atoms with E-state index in [-0.39, 0.29) is 16.8 Å². The molecule has 0 saturated carbocycles. The number of non-ortho nitro benzene ring substituents is 1. The molecule has 0 aliphatic heterocycles. The average Bonchev–Trinajstić information content (AvgIpc) is 2.83. The van der Waals surface area contributed by atoms with E-state index >= 15 is 0 Å². The second kappa shape index (κ2) is 9.52. The predicted molar refractivity (Wildman–Crippen MR) is 132 cm³/mol. The Morgan fingerprint density at radius 1 is 1.00 bits per heavy atom. The number of hydrogen-bond donors (Lipinski definition) is 0. The fraction of sp³-hybridized carbons (Fsp3) is 0.115. The number of rotatable bonds is 6. The molecule has 0 unspecified atom stereocenters. The van der Waals surface area contributed by atoms with Crippen LogP contribution >= 0.6 is 15.9 Å². The lowest BCUT2D eigenvalue weighted by atomic mass is 10.0. The molecular weight excluding hydrogens is 500 g/mol. The third-order valence-electron chi connectivity index (χ3n) is 5.51. The van der Waals surface area contributed by atoms with Gasteiger partial charge in [-0.2, -0.15) is 0 Å². The van der Waals surface area contributed by atoms with E-state index in [1.54, 1.807) is 18.2 Å². The van der Waals surface area contributed by atoms with Gasteiger partial charge in [-0.25, -0.2) is 9.78 Å². The number of fused-ring (bicyclic) bond motifs is 1. The predicted octanol–water partition coefficient (Wildman–Crippen LogP) is 6.23.